The summed E-state index contributed by atoms with van der Waals surface area (Å²) in [6.07, 6.45) is 1.66. The van der Waals surface area contributed by atoms with Gasteiger partial charge in [-0.25, -0.2) is 0 Å². The van der Waals surface area contributed by atoms with Crippen LogP contribution in [0.15, 0.2) is 6.20 Å². The summed E-state index contributed by atoms with van der Waals surface area (Å²) in [5.41, 5.74) is 1.86. The average Bonchev–Trinajstić information content (AvgIpc) is 2.59. The van der Waals surface area contributed by atoms with Crippen LogP contribution in [-0.2, 0) is 11.3 Å². The van der Waals surface area contributed by atoms with Gasteiger partial charge in [-0.15, -0.1) is 0 Å². The van der Waals surface area contributed by atoms with Crippen LogP contribution in [0.4, 0.5) is 0 Å². The number of aromatic amines is 1. The molecular weight excluding hydrogens is 180 g/mol. The molecule has 5 heteroatoms. The van der Waals surface area contributed by atoms with E-state index in [1.807, 2.05) is 13.0 Å². The first kappa shape index (κ1) is 10.3. The maximum atomic E-state index is 11.2. The fourth-order valence-electron chi connectivity index (χ4n) is 0.948. The van der Waals surface area contributed by atoms with Crippen LogP contribution in [0.25, 0.3) is 0 Å². The Morgan fingerprint density at radius 3 is 3.07 bits per heavy atom. The molecule has 0 bridgehead atoms. The molecule has 1 aromatic rings. The molecule has 74 valence electrons. The van der Waals surface area contributed by atoms with Crippen LogP contribution in [0.2, 0.25) is 0 Å². The Hall–Kier alpha value is -1.83. The molecule has 0 spiro atoms. The summed E-state index contributed by atoms with van der Waals surface area (Å²) in [7, 11) is 0. The van der Waals surface area contributed by atoms with E-state index in [0.717, 1.165) is 11.3 Å². The SMILES string of the molecule is Cc1[nH]ncc1CNC(=O)C(C)C#N. The van der Waals surface area contributed by atoms with Gasteiger partial charge >= 0.3 is 0 Å². The van der Waals surface area contributed by atoms with Crippen molar-refractivity contribution in [3.8, 4) is 6.07 Å². The van der Waals surface area contributed by atoms with Crippen LogP contribution in [0, 0.1) is 24.2 Å². The summed E-state index contributed by atoms with van der Waals surface area (Å²) >= 11 is 0. The van der Waals surface area contributed by atoms with E-state index in [9.17, 15) is 4.79 Å². The molecule has 0 aromatic carbocycles. The van der Waals surface area contributed by atoms with Crippen LogP contribution in [-0.4, -0.2) is 16.1 Å². The zero-order valence-corrected chi connectivity index (χ0v) is 8.16. The molecule has 1 heterocycles. The number of H-pyrrole nitrogens is 1. The van der Waals surface area contributed by atoms with E-state index in [1.54, 1.807) is 13.1 Å². The smallest absolute Gasteiger partial charge is 0.237 e. The summed E-state index contributed by atoms with van der Waals surface area (Å²) < 4.78 is 0. The second-order valence-electron chi connectivity index (χ2n) is 3.09. The van der Waals surface area contributed by atoms with Crippen molar-refractivity contribution in [1.29, 1.82) is 5.26 Å². The van der Waals surface area contributed by atoms with Crippen LogP contribution in [0.1, 0.15) is 18.2 Å². The topological polar surface area (TPSA) is 81.6 Å². The van der Waals surface area contributed by atoms with Gasteiger partial charge in [-0.1, -0.05) is 0 Å². The lowest BCUT2D eigenvalue weighted by Gasteiger charge is -2.04. The van der Waals surface area contributed by atoms with Crippen molar-refractivity contribution in [1.82, 2.24) is 15.5 Å². The van der Waals surface area contributed by atoms with E-state index in [-0.39, 0.29) is 5.91 Å². The number of aryl methyl sites for hydroxylation is 1. The second kappa shape index (κ2) is 4.42. The molecule has 0 saturated heterocycles. The van der Waals surface area contributed by atoms with Crippen LogP contribution >= 0.6 is 0 Å². The van der Waals surface area contributed by atoms with Crippen molar-refractivity contribution in [3.05, 3.63) is 17.5 Å². The fourth-order valence-corrected chi connectivity index (χ4v) is 0.948. The molecule has 1 aromatic heterocycles. The molecule has 0 aliphatic heterocycles. The van der Waals surface area contributed by atoms with Crippen molar-refractivity contribution in [2.45, 2.75) is 20.4 Å². The maximum absolute atomic E-state index is 11.2. The highest BCUT2D eigenvalue weighted by Crippen LogP contribution is 2.02. The lowest BCUT2D eigenvalue weighted by molar-refractivity contribution is -0.123. The number of aromatic nitrogens is 2. The largest absolute Gasteiger partial charge is 0.351 e. The van der Waals surface area contributed by atoms with Gasteiger partial charge in [0.2, 0.25) is 5.91 Å². The van der Waals surface area contributed by atoms with Crippen LogP contribution in [0.3, 0.4) is 0 Å². The molecule has 1 atom stereocenters. The molecular formula is C9H12N4O. The summed E-state index contributed by atoms with van der Waals surface area (Å²) in [6.45, 7) is 3.85. The van der Waals surface area contributed by atoms with Gasteiger partial charge in [0.25, 0.3) is 0 Å². The molecule has 0 aliphatic carbocycles. The molecule has 1 rings (SSSR count). The number of nitriles is 1. The van der Waals surface area contributed by atoms with E-state index < -0.39 is 5.92 Å². The second-order valence-corrected chi connectivity index (χ2v) is 3.09. The van der Waals surface area contributed by atoms with Crippen molar-refractivity contribution in [3.63, 3.8) is 0 Å². The van der Waals surface area contributed by atoms with Gasteiger partial charge in [-0.05, 0) is 13.8 Å². The Morgan fingerprint density at radius 2 is 2.57 bits per heavy atom. The van der Waals surface area contributed by atoms with Gasteiger partial charge in [0.1, 0.15) is 5.92 Å². The minimum absolute atomic E-state index is 0.256. The van der Waals surface area contributed by atoms with Crippen molar-refractivity contribution in [2.24, 2.45) is 5.92 Å². The summed E-state index contributed by atoms with van der Waals surface area (Å²) in [5, 5.41) is 17.7. The molecule has 2 N–H and O–H groups in total. The summed E-state index contributed by atoms with van der Waals surface area (Å²) in [4.78, 5) is 11.2. The van der Waals surface area contributed by atoms with E-state index in [2.05, 4.69) is 15.5 Å². The quantitative estimate of drug-likeness (QED) is 0.731. The first-order valence-corrected chi connectivity index (χ1v) is 4.31. The molecule has 0 aliphatic rings. The Morgan fingerprint density at radius 1 is 1.86 bits per heavy atom. The molecule has 1 unspecified atom stereocenters. The number of nitrogens with one attached hydrogen (secondary N) is 2. The third kappa shape index (κ3) is 2.33. The number of amides is 1. The maximum Gasteiger partial charge on any atom is 0.237 e. The average molecular weight is 192 g/mol. The van der Waals surface area contributed by atoms with Gasteiger partial charge in [-0.2, -0.15) is 10.4 Å². The predicted octanol–water partition coefficient (Wildman–Crippen LogP) is 0.494. The Balaban J connectivity index is 2.46. The summed E-state index contributed by atoms with van der Waals surface area (Å²) in [6, 6.07) is 1.87. The first-order chi connectivity index (χ1) is 6.65. The monoisotopic (exact) mass is 192 g/mol. The minimum atomic E-state index is -0.609. The highest BCUT2D eigenvalue weighted by Gasteiger charge is 2.11. The third-order valence-corrected chi connectivity index (χ3v) is 1.97. The Kier molecular flexibility index (Phi) is 3.24. The van der Waals surface area contributed by atoms with E-state index >= 15 is 0 Å². The number of nitrogens with zero attached hydrogens (tertiary/aromatic N) is 2. The zero-order chi connectivity index (χ0) is 10.6. The van der Waals surface area contributed by atoms with Crippen molar-refractivity contribution >= 4 is 5.91 Å². The molecule has 14 heavy (non-hydrogen) atoms. The molecule has 0 fully saturated rings. The van der Waals surface area contributed by atoms with E-state index in [0.29, 0.717) is 6.54 Å². The van der Waals surface area contributed by atoms with Crippen LogP contribution < -0.4 is 5.32 Å². The van der Waals surface area contributed by atoms with Gasteiger partial charge in [0, 0.05) is 17.8 Å². The molecule has 0 radical (unpaired) electrons. The lowest BCUT2D eigenvalue weighted by Crippen LogP contribution is -2.27. The van der Waals surface area contributed by atoms with Crippen LogP contribution in [0.5, 0.6) is 0 Å². The fraction of sp³-hybridized carbons (Fsp3) is 0.444. The highest BCUT2D eigenvalue weighted by molar-refractivity contribution is 5.80. The standard InChI is InChI=1S/C9H12N4O/c1-6(3-10)9(14)11-4-8-5-12-13-7(8)2/h5-6H,4H2,1-2H3,(H,11,14)(H,12,13). The minimum Gasteiger partial charge on any atom is -0.351 e. The number of carbonyl (C=O) groups excluding carboxylic acids is 1. The third-order valence-electron chi connectivity index (χ3n) is 1.97. The lowest BCUT2D eigenvalue weighted by atomic mass is 10.2. The first-order valence-electron chi connectivity index (χ1n) is 4.31. The normalized spacial score (nSPS) is 11.8. The van der Waals surface area contributed by atoms with Gasteiger partial charge in [0.15, 0.2) is 0 Å². The van der Waals surface area contributed by atoms with Gasteiger partial charge in [-0.3, -0.25) is 9.89 Å². The Bertz CT molecular complexity index is 363. The highest BCUT2D eigenvalue weighted by atomic mass is 16.1. The van der Waals surface area contributed by atoms with Crippen molar-refractivity contribution in [2.75, 3.05) is 0 Å². The summed E-state index contributed by atoms with van der Waals surface area (Å²) in [5.74, 6) is -0.865. The predicted molar refractivity (Wildman–Crippen MR) is 49.9 cm³/mol. The number of rotatable bonds is 3. The number of carbonyl (C=O) groups is 1. The van der Waals surface area contributed by atoms with Crippen molar-refractivity contribution < 1.29 is 4.79 Å². The zero-order valence-electron chi connectivity index (χ0n) is 8.16. The number of hydrogen-bond acceptors (Lipinski definition) is 3. The molecule has 1 amide bonds. The molecule has 0 saturated carbocycles. The van der Waals surface area contributed by atoms with Gasteiger partial charge < -0.3 is 5.32 Å². The van der Waals surface area contributed by atoms with E-state index in [4.69, 9.17) is 5.26 Å². The molecule has 5 nitrogen and oxygen atoms in total. The van der Waals surface area contributed by atoms with Gasteiger partial charge in [0.05, 0.1) is 12.3 Å². The van der Waals surface area contributed by atoms with E-state index in [1.165, 1.54) is 0 Å². The number of hydrogen-bond donors (Lipinski definition) is 2. The Labute approximate surface area is 82.1 Å².